The summed E-state index contributed by atoms with van der Waals surface area (Å²) in [6, 6.07) is 0. The lowest BCUT2D eigenvalue weighted by Gasteiger charge is -2.30. The minimum absolute atomic E-state index is 0.173. The molecule has 1 fully saturated rings. The lowest BCUT2D eigenvalue weighted by atomic mass is 9.81. The maximum absolute atomic E-state index is 9.69. The lowest BCUT2D eigenvalue weighted by molar-refractivity contribution is 0.0487. The molecule has 1 aromatic heterocycles. The summed E-state index contributed by atoms with van der Waals surface area (Å²) >= 11 is 0. The fourth-order valence-electron chi connectivity index (χ4n) is 1.58. The first-order valence-electron chi connectivity index (χ1n) is 4.50. The number of aromatic nitrogens is 2. The summed E-state index contributed by atoms with van der Waals surface area (Å²) in [5.74, 6) is 0.535. The smallest absolute Gasteiger partial charge is 0.0946 e. The van der Waals surface area contributed by atoms with Crippen LogP contribution in [0.2, 0.25) is 0 Å². The van der Waals surface area contributed by atoms with E-state index >= 15 is 0 Å². The second kappa shape index (κ2) is 3.27. The van der Waals surface area contributed by atoms with E-state index in [9.17, 15) is 5.11 Å². The Morgan fingerprint density at radius 1 is 1.58 bits per heavy atom. The molecule has 12 heavy (non-hydrogen) atoms. The molecule has 1 aliphatic rings. The molecule has 2 rings (SSSR count). The van der Waals surface area contributed by atoms with Crippen molar-refractivity contribution in [2.45, 2.75) is 31.9 Å². The van der Waals surface area contributed by atoms with E-state index in [1.165, 1.54) is 19.3 Å². The number of aliphatic hydroxyl groups is 1. The Balaban J connectivity index is 1.86. The Morgan fingerprint density at radius 3 is 2.92 bits per heavy atom. The normalized spacial score (nSPS) is 20.4. The highest BCUT2D eigenvalue weighted by molar-refractivity contribution is 4.81. The summed E-state index contributed by atoms with van der Waals surface area (Å²) in [6.45, 7) is 0.699. The van der Waals surface area contributed by atoms with Gasteiger partial charge >= 0.3 is 0 Å². The minimum Gasteiger partial charge on any atom is -0.391 e. The molecule has 3 nitrogen and oxygen atoms in total. The van der Waals surface area contributed by atoms with Gasteiger partial charge in [0.25, 0.3) is 0 Å². The van der Waals surface area contributed by atoms with Crippen LogP contribution in [0.1, 0.15) is 19.3 Å². The van der Waals surface area contributed by atoms with Crippen molar-refractivity contribution in [3.05, 3.63) is 18.7 Å². The third-order valence-electron chi connectivity index (χ3n) is 2.65. The van der Waals surface area contributed by atoms with Crippen LogP contribution in [-0.2, 0) is 6.54 Å². The number of hydrogen-bond acceptors (Lipinski definition) is 2. The summed E-state index contributed by atoms with van der Waals surface area (Å²) in [5.41, 5.74) is 0. The Morgan fingerprint density at radius 2 is 2.42 bits per heavy atom. The van der Waals surface area contributed by atoms with Gasteiger partial charge in [-0.05, 0) is 18.8 Å². The van der Waals surface area contributed by atoms with Crippen molar-refractivity contribution in [2.75, 3.05) is 0 Å². The zero-order valence-corrected chi connectivity index (χ0v) is 7.06. The van der Waals surface area contributed by atoms with Crippen LogP contribution in [0.15, 0.2) is 18.7 Å². The van der Waals surface area contributed by atoms with E-state index in [4.69, 9.17) is 0 Å². The Labute approximate surface area is 72.0 Å². The van der Waals surface area contributed by atoms with Crippen molar-refractivity contribution < 1.29 is 5.11 Å². The van der Waals surface area contributed by atoms with Crippen molar-refractivity contribution in [3.63, 3.8) is 0 Å². The van der Waals surface area contributed by atoms with Gasteiger partial charge in [-0.15, -0.1) is 0 Å². The third-order valence-corrected chi connectivity index (χ3v) is 2.65. The standard InChI is InChI=1S/C9H14N2O/c12-9(8-2-1-3-8)6-11-5-4-10-7-11/h4-5,7-9,12H,1-3,6H2. The molecule has 1 unspecified atom stereocenters. The molecule has 1 N–H and O–H groups in total. The first-order valence-corrected chi connectivity index (χ1v) is 4.50. The second-order valence-corrected chi connectivity index (χ2v) is 3.52. The van der Waals surface area contributed by atoms with Gasteiger partial charge in [0.15, 0.2) is 0 Å². The average molecular weight is 166 g/mol. The first-order chi connectivity index (χ1) is 5.86. The van der Waals surface area contributed by atoms with Gasteiger partial charge in [-0.1, -0.05) is 6.42 Å². The molecule has 0 amide bonds. The van der Waals surface area contributed by atoms with E-state index < -0.39 is 0 Å². The highest BCUT2D eigenvalue weighted by Gasteiger charge is 2.25. The average Bonchev–Trinajstić information content (AvgIpc) is 2.34. The molecule has 0 aliphatic heterocycles. The zero-order chi connectivity index (χ0) is 8.39. The summed E-state index contributed by atoms with van der Waals surface area (Å²) in [6.07, 6.45) is 8.88. The van der Waals surface area contributed by atoms with Gasteiger partial charge in [0.05, 0.1) is 12.4 Å². The maximum atomic E-state index is 9.69. The third kappa shape index (κ3) is 1.50. The number of nitrogens with zero attached hydrogens (tertiary/aromatic N) is 2. The summed E-state index contributed by atoms with van der Waals surface area (Å²) < 4.78 is 1.93. The van der Waals surface area contributed by atoms with E-state index in [-0.39, 0.29) is 6.10 Å². The summed E-state index contributed by atoms with van der Waals surface area (Å²) in [4.78, 5) is 3.93. The monoisotopic (exact) mass is 166 g/mol. The van der Waals surface area contributed by atoms with Gasteiger partial charge in [-0.3, -0.25) is 0 Å². The SMILES string of the molecule is OC(Cn1ccnc1)C1CCC1. The molecule has 1 aliphatic carbocycles. The molecule has 1 aromatic rings. The molecule has 0 spiro atoms. The molecule has 0 radical (unpaired) electrons. The zero-order valence-electron chi connectivity index (χ0n) is 7.06. The van der Waals surface area contributed by atoms with E-state index in [1.807, 2.05) is 10.8 Å². The molecule has 1 saturated carbocycles. The largest absolute Gasteiger partial charge is 0.391 e. The number of rotatable bonds is 3. The summed E-state index contributed by atoms with van der Waals surface area (Å²) in [5, 5.41) is 9.69. The van der Waals surface area contributed by atoms with E-state index in [0.717, 1.165) is 0 Å². The van der Waals surface area contributed by atoms with E-state index in [1.54, 1.807) is 12.5 Å². The topological polar surface area (TPSA) is 38.0 Å². The molecule has 1 heterocycles. The number of aliphatic hydroxyl groups excluding tert-OH is 1. The van der Waals surface area contributed by atoms with Gasteiger partial charge in [0.2, 0.25) is 0 Å². The molecular weight excluding hydrogens is 152 g/mol. The van der Waals surface area contributed by atoms with Crippen molar-refractivity contribution in [1.29, 1.82) is 0 Å². The van der Waals surface area contributed by atoms with Gasteiger partial charge in [0.1, 0.15) is 0 Å². The molecule has 66 valence electrons. The highest BCUT2D eigenvalue weighted by atomic mass is 16.3. The summed E-state index contributed by atoms with van der Waals surface area (Å²) in [7, 11) is 0. The molecule has 0 saturated heterocycles. The van der Waals surface area contributed by atoms with Crippen molar-refractivity contribution in [3.8, 4) is 0 Å². The molecular formula is C9H14N2O. The van der Waals surface area contributed by atoms with E-state index in [2.05, 4.69) is 4.98 Å². The predicted molar refractivity (Wildman–Crippen MR) is 45.6 cm³/mol. The van der Waals surface area contributed by atoms with Crippen LogP contribution in [0.4, 0.5) is 0 Å². The Bertz CT molecular complexity index is 229. The predicted octanol–water partition coefficient (Wildman–Crippen LogP) is 1.04. The fraction of sp³-hybridized carbons (Fsp3) is 0.667. The van der Waals surface area contributed by atoms with Crippen LogP contribution >= 0.6 is 0 Å². The van der Waals surface area contributed by atoms with Crippen LogP contribution in [0.25, 0.3) is 0 Å². The van der Waals surface area contributed by atoms with Gasteiger partial charge in [0, 0.05) is 18.9 Å². The van der Waals surface area contributed by atoms with E-state index in [0.29, 0.717) is 12.5 Å². The molecule has 1 atom stereocenters. The quantitative estimate of drug-likeness (QED) is 0.728. The van der Waals surface area contributed by atoms with Crippen LogP contribution in [0.3, 0.4) is 0 Å². The number of hydrogen-bond donors (Lipinski definition) is 1. The van der Waals surface area contributed by atoms with Crippen LogP contribution in [-0.4, -0.2) is 20.8 Å². The maximum Gasteiger partial charge on any atom is 0.0946 e. The lowest BCUT2D eigenvalue weighted by Crippen LogP contribution is -2.30. The minimum atomic E-state index is -0.173. The molecule has 0 bridgehead atoms. The van der Waals surface area contributed by atoms with Crippen LogP contribution < -0.4 is 0 Å². The number of imidazole rings is 1. The Hall–Kier alpha value is -0.830. The Kier molecular flexibility index (Phi) is 2.13. The van der Waals surface area contributed by atoms with Gasteiger partial charge in [-0.25, -0.2) is 4.98 Å². The molecule has 3 heteroatoms. The first kappa shape index (κ1) is 7.80. The van der Waals surface area contributed by atoms with Crippen molar-refractivity contribution in [2.24, 2.45) is 5.92 Å². The molecule has 0 aromatic carbocycles. The van der Waals surface area contributed by atoms with Crippen LogP contribution in [0.5, 0.6) is 0 Å². The van der Waals surface area contributed by atoms with Crippen molar-refractivity contribution in [1.82, 2.24) is 9.55 Å². The van der Waals surface area contributed by atoms with Crippen molar-refractivity contribution >= 4 is 0 Å². The fourth-order valence-corrected chi connectivity index (χ4v) is 1.58. The second-order valence-electron chi connectivity index (χ2n) is 3.52. The van der Waals surface area contributed by atoms with Crippen LogP contribution in [0, 0.1) is 5.92 Å². The highest BCUT2D eigenvalue weighted by Crippen LogP contribution is 2.29. The van der Waals surface area contributed by atoms with Gasteiger partial charge < -0.3 is 9.67 Å². The van der Waals surface area contributed by atoms with Gasteiger partial charge in [-0.2, -0.15) is 0 Å².